The number of carbonyl (C=O) groups excluding carboxylic acids is 9. The highest BCUT2D eigenvalue weighted by atomic mass is 16.5. The van der Waals surface area contributed by atoms with Crippen molar-refractivity contribution < 1.29 is 66.8 Å². The van der Waals surface area contributed by atoms with Gasteiger partial charge in [0.15, 0.2) is 0 Å². The van der Waals surface area contributed by atoms with Gasteiger partial charge in [0.05, 0.1) is 80.1 Å². The fourth-order valence-corrected chi connectivity index (χ4v) is 10.2. The number of esters is 1. The Bertz CT molecular complexity index is 2980. The molecule has 4 aliphatic heterocycles. The van der Waals surface area contributed by atoms with Crippen molar-refractivity contribution in [1.82, 2.24) is 61.7 Å². The number of hydrogen-bond donors (Lipinski definition) is 7. The number of benzene rings is 4. The number of methoxy groups -OCH3 is 5. The first kappa shape index (κ1) is 63.7. The van der Waals surface area contributed by atoms with Crippen LogP contribution in [0.25, 0.3) is 0 Å². The zero-order valence-electron chi connectivity index (χ0n) is 48.7. The molecule has 4 aliphatic rings. The Morgan fingerprint density at radius 2 is 0.541 bits per heavy atom. The summed E-state index contributed by atoms with van der Waals surface area (Å²) in [5.74, 6) is -4.74. The molecule has 12 bridgehead atoms. The first-order chi connectivity index (χ1) is 41.2. The van der Waals surface area contributed by atoms with E-state index < -0.39 is 59.8 Å². The van der Waals surface area contributed by atoms with Crippen LogP contribution in [-0.2, 0) is 9.53 Å². The van der Waals surface area contributed by atoms with Gasteiger partial charge in [0.1, 0.15) is 29.5 Å². The fourth-order valence-electron chi connectivity index (χ4n) is 10.2. The van der Waals surface area contributed by atoms with Crippen LogP contribution in [0.3, 0.4) is 0 Å². The van der Waals surface area contributed by atoms with Gasteiger partial charge in [-0.25, -0.2) is 0 Å². The zero-order chi connectivity index (χ0) is 60.8. The highest BCUT2D eigenvalue weighted by molar-refractivity contribution is 6.07. The van der Waals surface area contributed by atoms with Crippen LogP contribution < -0.4 is 56.2 Å². The molecule has 26 nitrogen and oxygen atoms in total. The second-order valence-corrected chi connectivity index (χ2v) is 20.0. The van der Waals surface area contributed by atoms with E-state index in [1.807, 2.05) is 19.6 Å². The lowest BCUT2D eigenvalue weighted by Gasteiger charge is -2.30. The summed E-state index contributed by atoms with van der Waals surface area (Å²) in [4.78, 5) is 135. The van der Waals surface area contributed by atoms with Crippen molar-refractivity contribution in [3.8, 4) is 23.0 Å². The van der Waals surface area contributed by atoms with E-state index >= 15 is 0 Å². The Morgan fingerprint density at radius 3 is 0.776 bits per heavy atom. The Labute approximate surface area is 493 Å². The van der Waals surface area contributed by atoms with Crippen LogP contribution in [0, 0.1) is 0 Å². The molecule has 4 aromatic carbocycles. The van der Waals surface area contributed by atoms with Crippen LogP contribution in [0.15, 0.2) is 72.8 Å². The van der Waals surface area contributed by atoms with Gasteiger partial charge in [-0.15, -0.1) is 0 Å². The number of carbonyl (C=O) groups is 9. The molecular formula is C59H76N12O14. The molecule has 0 spiro atoms. The minimum Gasteiger partial charge on any atom is -0.495 e. The van der Waals surface area contributed by atoms with Crippen LogP contribution in [0.4, 0.5) is 0 Å². The van der Waals surface area contributed by atoms with Crippen LogP contribution in [-0.4, -0.2) is 251 Å². The predicted octanol–water partition coefficient (Wildman–Crippen LogP) is -0.206. The lowest BCUT2D eigenvalue weighted by Crippen LogP contribution is -2.47. The van der Waals surface area contributed by atoms with E-state index in [2.05, 4.69) is 37.2 Å². The van der Waals surface area contributed by atoms with Crippen LogP contribution in [0.2, 0.25) is 0 Å². The fraction of sp³-hybridized carbons (Fsp3) is 0.441. The molecule has 7 N–H and O–H groups in total. The lowest BCUT2D eigenvalue weighted by molar-refractivity contribution is -0.141. The van der Waals surface area contributed by atoms with Gasteiger partial charge in [-0.1, -0.05) is 24.3 Å². The normalized spacial score (nSPS) is 20.7. The first-order valence-electron chi connectivity index (χ1n) is 28.1. The summed E-state index contributed by atoms with van der Waals surface area (Å²) in [6.45, 7) is 2.98. The summed E-state index contributed by atoms with van der Waals surface area (Å²) in [6.07, 6.45) is 0. The number of para-hydroxylation sites is 4. The molecule has 85 heavy (non-hydrogen) atoms. The van der Waals surface area contributed by atoms with Gasteiger partial charge < -0.3 is 65.8 Å². The van der Waals surface area contributed by atoms with E-state index in [-0.39, 0.29) is 185 Å². The summed E-state index contributed by atoms with van der Waals surface area (Å²) >= 11 is 0. The van der Waals surface area contributed by atoms with Crippen molar-refractivity contribution >= 4 is 53.2 Å². The van der Waals surface area contributed by atoms with Crippen LogP contribution >= 0.6 is 0 Å². The average Bonchev–Trinajstić information content (AvgIpc) is 3.61. The van der Waals surface area contributed by atoms with Crippen molar-refractivity contribution in [3.05, 3.63) is 117 Å². The topological polar surface area (TPSA) is 300 Å². The molecule has 2 atom stereocenters. The van der Waals surface area contributed by atoms with Gasteiger partial charge in [0.2, 0.25) is 0 Å². The summed E-state index contributed by atoms with van der Waals surface area (Å²) in [6, 6.07) is 18.7. The van der Waals surface area contributed by atoms with Crippen molar-refractivity contribution in [2.45, 2.75) is 0 Å². The average molecular weight is 1180 g/mol. The number of amides is 8. The van der Waals surface area contributed by atoms with Gasteiger partial charge in [-0.2, -0.15) is 0 Å². The molecule has 0 aliphatic carbocycles. The predicted molar refractivity (Wildman–Crippen MR) is 312 cm³/mol. The van der Waals surface area contributed by atoms with Gasteiger partial charge in [-0.3, -0.25) is 62.8 Å². The van der Waals surface area contributed by atoms with E-state index in [0.29, 0.717) is 13.1 Å². The molecule has 26 heteroatoms. The summed E-state index contributed by atoms with van der Waals surface area (Å²) in [5.41, 5.74) is 0.795. The van der Waals surface area contributed by atoms with E-state index in [0.717, 1.165) is 0 Å². The monoisotopic (exact) mass is 1180 g/mol. The third-order valence-corrected chi connectivity index (χ3v) is 14.8. The molecule has 0 fully saturated rings. The second-order valence-electron chi connectivity index (χ2n) is 20.0. The second kappa shape index (κ2) is 31.7. The standard InChI is InChI=1S/C59H76N12O14/c1-81-47(72)38-71-37-36-70-31-24-66-57(78)44-15-8-14-43(50(44)84-4)54(75)62-20-27-68(28-23-65-58(79)45-16-9-17-46(59(71)80)51(45)85-5)33-32-67-25-18-60-52(73)39-10-6-12-41(48(39)82-2)55(76)63-21-29-69(34-35-70)30-22-64-56(77)42-13-7-11-40(49(42)83-3)53(74)61-19-26-67/h6-17H,18-38H2,1-5H3,(H,60,73)(H,61,74)(H,62,75)(H,63,76)(H,64,77)(H,65,79)(H,66,78). The van der Waals surface area contributed by atoms with E-state index in [1.165, 1.54) is 52.6 Å². The van der Waals surface area contributed by atoms with Crippen LogP contribution in [0.1, 0.15) is 82.9 Å². The maximum atomic E-state index is 14.8. The summed E-state index contributed by atoms with van der Waals surface area (Å²) in [5, 5.41) is 20.7. The first-order valence-corrected chi connectivity index (χ1v) is 28.1. The van der Waals surface area contributed by atoms with Crippen LogP contribution in [0.5, 0.6) is 23.0 Å². The molecule has 4 heterocycles. The van der Waals surface area contributed by atoms with Gasteiger partial charge in [0, 0.05) is 131 Å². The van der Waals surface area contributed by atoms with Crippen molar-refractivity contribution in [3.63, 3.8) is 0 Å². The number of fused-ring (bicyclic) bond motifs is 16. The molecule has 0 saturated carbocycles. The smallest absolute Gasteiger partial charge is 0.325 e. The number of rotatable bonds is 6. The highest BCUT2D eigenvalue weighted by Gasteiger charge is 2.29. The maximum absolute atomic E-state index is 14.8. The highest BCUT2D eigenvalue weighted by Crippen LogP contribution is 2.28. The third-order valence-electron chi connectivity index (χ3n) is 14.8. The minimum absolute atomic E-state index is 0.0108. The van der Waals surface area contributed by atoms with E-state index in [1.54, 1.807) is 60.7 Å². The maximum Gasteiger partial charge on any atom is 0.325 e. The molecule has 8 amide bonds. The molecule has 4 aromatic rings. The Hall–Kier alpha value is -8.85. The molecule has 456 valence electrons. The summed E-state index contributed by atoms with van der Waals surface area (Å²) < 4.78 is 28.0. The molecule has 0 aromatic heterocycles. The Balaban J connectivity index is 1.35. The number of hydrogen-bond acceptors (Lipinski definition) is 18. The van der Waals surface area contributed by atoms with Crippen molar-refractivity contribution in [2.75, 3.05) is 173 Å². The van der Waals surface area contributed by atoms with Crippen molar-refractivity contribution in [2.24, 2.45) is 0 Å². The van der Waals surface area contributed by atoms with E-state index in [9.17, 15) is 43.2 Å². The third kappa shape index (κ3) is 16.9. The minimum atomic E-state index is -0.712. The van der Waals surface area contributed by atoms with Crippen molar-refractivity contribution in [1.29, 1.82) is 0 Å². The van der Waals surface area contributed by atoms with Gasteiger partial charge >= 0.3 is 5.97 Å². The molecule has 0 saturated heterocycles. The van der Waals surface area contributed by atoms with Gasteiger partial charge in [-0.05, 0) is 48.5 Å². The quantitative estimate of drug-likeness (QED) is 0.123. The van der Waals surface area contributed by atoms with Gasteiger partial charge in [0.25, 0.3) is 47.3 Å². The molecule has 2 unspecified atom stereocenters. The van der Waals surface area contributed by atoms with E-state index in [4.69, 9.17) is 23.7 Å². The molecule has 8 rings (SSSR count). The Kier molecular flexibility index (Phi) is 23.8. The number of ether oxygens (including phenoxy) is 5. The molecular weight excluding hydrogens is 1100 g/mol. The SMILES string of the molecule is COC(=O)CN1CCN2CCNC(=O)c3cccc(c3OC)C(=O)NCCN(CCNC(=O)c3cccc(c3OC)C1=O)CCN1CCNC(=O)c3cccc(c3OC)C(=O)NCCN(CCNC(=O)c3cccc(c3OC)C(=O)NCC1)CC2. The molecule has 0 radical (unpaired) electrons. The summed E-state index contributed by atoms with van der Waals surface area (Å²) in [7, 11) is 6.66. The lowest BCUT2D eigenvalue weighted by atomic mass is 10.1. The largest absolute Gasteiger partial charge is 0.495 e. The Morgan fingerprint density at radius 1 is 0.329 bits per heavy atom. The number of nitrogens with zero attached hydrogens (tertiary/aromatic N) is 5. The number of nitrogens with one attached hydrogen (secondary N) is 7. The zero-order valence-corrected chi connectivity index (χ0v) is 48.7.